The van der Waals surface area contributed by atoms with Crippen LogP contribution in [0.5, 0.6) is 17.2 Å². The standard InChI is InChI=1S/C30H24Br2N2O3/c1-35-28-14-21(12-13-27(28)36-18-19-8-4-2-5-9-19)30-34-26(17-25(33-34)20-10-6-3-7-11-20)23-15-22(31)16-24(32)29(23)37-30/h2-16,26,30H,17-18H2,1H3/t26-,30-/m1/s1. The molecule has 7 heteroatoms. The molecule has 6 rings (SSSR count). The molecule has 4 aromatic carbocycles. The first-order chi connectivity index (χ1) is 18.1. The van der Waals surface area contributed by atoms with Crippen molar-refractivity contribution in [1.29, 1.82) is 0 Å². The normalized spacial score (nSPS) is 17.9. The van der Waals surface area contributed by atoms with E-state index in [1.807, 2.05) is 72.8 Å². The number of hydrogen-bond acceptors (Lipinski definition) is 5. The Bertz CT molecular complexity index is 1460. The molecule has 2 aliphatic heterocycles. The smallest absolute Gasteiger partial charge is 0.214 e. The van der Waals surface area contributed by atoms with E-state index < -0.39 is 6.23 Å². The predicted octanol–water partition coefficient (Wildman–Crippen LogP) is 8.04. The number of halogens is 2. The third-order valence-corrected chi connectivity index (χ3v) is 7.67. The topological polar surface area (TPSA) is 43.3 Å². The van der Waals surface area contributed by atoms with Gasteiger partial charge in [-0.3, -0.25) is 0 Å². The fourth-order valence-electron chi connectivity index (χ4n) is 4.83. The predicted molar refractivity (Wildman–Crippen MR) is 151 cm³/mol. The zero-order valence-electron chi connectivity index (χ0n) is 20.1. The van der Waals surface area contributed by atoms with E-state index in [1.54, 1.807) is 7.11 Å². The van der Waals surface area contributed by atoms with Crippen LogP contribution >= 0.6 is 31.9 Å². The number of rotatable bonds is 6. The summed E-state index contributed by atoms with van der Waals surface area (Å²) in [5.41, 5.74) is 5.29. The minimum atomic E-state index is -0.423. The maximum absolute atomic E-state index is 6.63. The van der Waals surface area contributed by atoms with Gasteiger partial charge in [0.2, 0.25) is 6.23 Å². The van der Waals surface area contributed by atoms with Gasteiger partial charge in [0.05, 0.1) is 23.3 Å². The molecular weight excluding hydrogens is 596 g/mol. The second-order valence-electron chi connectivity index (χ2n) is 8.97. The van der Waals surface area contributed by atoms with Crippen LogP contribution in [0, 0.1) is 0 Å². The monoisotopic (exact) mass is 618 g/mol. The van der Waals surface area contributed by atoms with Gasteiger partial charge < -0.3 is 14.2 Å². The Labute approximate surface area is 232 Å². The lowest BCUT2D eigenvalue weighted by Gasteiger charge is -2.38. The third kappa shape index (κ3) is 4.74. The highest BCUT2D eigenvalue weighted by Crippen LogP contribution is 2.51. The van der Waals surface area contributed by atoms with Crippen LogP contribution in [-0.2, 0) is 6.61 Å². The van der Waals surface area contributed by atoms with Crippen molar-refractivity contribution in [3.8, 4) is 17.2 Å². The summed E-state index contributed by atoms with van der Waals surface area (Å²) in [5.74, 6) is 2.17. The maximum Gasteiger partial charge on any atom is 0.214 e. The van der Waals surface area contributed by atoms with Crippen LogP contribution in [0.4, 0.5) is 0 Å². The molecule has 0 aliphatic carbocycles. The number of nitrogens with zero attached hydrogens (tertiary/aromatic N) is 2. The summed E-state index contributed by atoms with van der Waals surface area (Å²) < 4.78 is 20.3. The first-order valence-electron chi connectivity index (χ1n) is 12.0. The van der Waals surface area contributed by atoms with Gasteiger partial charge in [0.1, 0.15) is 12.4 Å². The molecule has 37 heavy (non-hydrogen) atoms. The number of methoxy groups -OCH3 is 1. The maximum atomic E-state index is 6.63. The van der Waals surface area contributed by atoms with Gasteiger partial charge in [0, 0.05) is 22.0 Å². The van der Waals surface area contributed by atoms with Crippen LogP contribution in [0.2, 0.25) is 0 Å². The van der Waals surface area contributed by atoms with E-state index in [0.717, 1.165) is 49.1 Å². The zero-order valence-corrected chi connectivity index (χ0v) is 23.3. The average Bonchev–Trinajstić information content (AvgIpc) is 3.39. The molecule has 0 radical (unpaired) electrons. The quantitative estimate of drug-likeness (QED) is 0.219. The van der Waals surface area contributed by atoms with Crippen LogP contribution in [0.1, 0.15) is 40.9 Å². The van der Waals surface area contributed by atoms with Crippen molar-refractivity contribution in [2.45, 2.75) is 25.3 Å². The van der Waals surface area contributed by atoms with E-state index in [2.05, 4.69) is 55.1 Å². The highest BCUT2D eigenvalue weighted by Gasteiger charge is 2.42. The van der Waals surface area contributed by atoms with Gasteiger partial charge in [0.15, 0.2) is 11.5 Å². The lowest BCUT2D eigenvalue weighted by atomic mass is 9.96. The Balaban J connectivity index is 1.36. The third-order valence-electron chi connectivity index (χ3n) is 6.63. The minimum absolute atomic E-state index is 0.0396. The summed E-state index contributed by atoms with van der Waals surface area (Å²) >= 11 is 7.36. The largest absolute Gasteiger partial charge is 0.493 e. The average molecular weight is 620 g/mol. The number of fused-ring (bicyclic) bond motifs is 3. The van der Waals surface area contributed by atoms with E-state index >= 15 is 0 Å². The fourth-order valence-corrected chi connectivity index (χ4v) is 6.18. The summed E-state index contributed by atoms with van der Waals surface area (Å²) in [5, 5.41) is 7.14. The summed E-state index contributed by atoms with van der Waals surface area (Å²) in [6, 6.07) is 30.5. The van der Waals surface area contributed by atoms with E-state index in [4.69, 9.17) is 19.3 Å². The number of hydrazone groups is 1. The van der Waals surface area contributed by atoms with Crippen LogP contribution in [0.25, 0.3) is 0 Å². The summed E-state index contributed by atoms with van der Waals surface area (Å²) in [7, 11) is 1.66. The molecule has 0 saturated carbocycles. The van der Waals surface area contributed by atoms with Gasteiger partial charge in [-0.15, -0.1) is 0 Å². The van der Waals surface area contributed by atoms with Crippen molar-refractivity contribution in [3.63, 3.8) is 0 Å². The summed E-state index contributed by atoms with van der Waals surface area (Å²) in [6.45, 7) is 0.463. The molecule has 2 heterocycles. The molecule has 0 fully saturated rings. The van der Waals surface area contributed by atoms with Gasteiger partial charge in [-0.05, 0) is 57.4 Å². The second-order valence-corrected chi connectivity index (χ2v) is 10.7. The Morgan fingerprint density at radius 2 is 1.68 bits per heavy atom. The van der Waals surface area contributed by atoms with Crippen molar-refractivity contribution in [3.05, 3.63) is 122 Å². The van der Waals surface area contributed by atoms with Gasteiger partial charge in [0.25, 0.3) is 0 Å². The highest BCUT2D eigenvalue weighted by atomic mass is 79.9. The van der Waals surface area contributed by atoms with Gasteiger partial charge in [-0.25, -0.2) is 5.01 Å². The van der Waals surface area contributed by atoms with Crippen LogP contribution in [-0.4, -0.2) is 17.8 Å². The number of benzene rings is 4. The molecule has 4 aromatic rings. The van der Waals surface area contributed by atoms with Crippen molar-refractivity contribution < 1.29 is 14.2 Å². The molecule has 0 aromatic heterocycles. The minimum Gasteiger partial charge on any atom is -0.493 e. The Kier molecular flexibility index (Phi) is 6.65. The SMILES string of the molecule is COc1cc([C@H]2Oc3c(Br)cc(Br)cc3[C@H]3CC(c4ccccc4)=NN32)ccc1OCc1ccccc1. The molecule has 2 aliphatic rings. The van der Waals surface area contributed by atoms with E-state index in [1.165, 1.54) is 0 Å². The first-order valence-corrected chi connectivity index (χ1v) is 13.6. The van der Waals surface area contributed by atoms with Crippen molar-refractivity contribution >= 4 is 37.6 Å². The lowest BCUT2D eigenvalue weighted by molar-refractivity contribution is -0.0198. The van der Waals surface area contributed by atoms with Gasteiger partial charge in [-0.2, -0.15) is 5.10 Å². The van der Waals surface area contributed by atoms with Crippen LogP contribution in [0.3, 0.4) is 0 Å². The lowest BCUT2D eigenvalue weighted by Crippen LogP contribution is -2.34. The molecule has 0 N–H and O–H groups in total. The number of hydrogen-bond donors (Lipinski definition) is 0. The Morgan fingerprint density at radius 1 is 0.919 bits per heavy atom. The summed E-state index contributed by atoms with van der Waals surface area (Å²) in [6.07, 6.45) is 0.364. The van der Waals surface area contributed by atoms with Crippen molar-refractivity contribution in [1.82, 2.24) is 5.01 Å². The molecular formula is C30H24Br2N2O3. The molecule has 0 saturated heterocycles. The molecule has 0 bridgehead atoms. The van der Waals surface area contributed by atoms with Gasteiger partial charge in [-0.1, -0.05) is 76.6 Å². The number of ether oxygens (including phenoxy) is 3. The second kappa shape index (κ2) is 10.2. The molecule has 0 unspecified atom stereocenters. The molecule has 0 amide bonds. The fraction of sp³-hybridized carbons (Fsp3) is 0.167. The van der Waals surface area contributed by atoms with Crippen LogP contribution in [0.15, 0.2) is 105 Å². The zero-order chi connectivity index (χ0) is 25.4. The molecule has 2 atom stereocenters. The van der Waals surface area contributed by atoms with Crippen LogP contribution < -0.4 is 14.2 Å². The first kappa shape index (κ1) is 24.1. The van der Waals surface area contributed by atoms with Crippen molar-refractivity contribution in [2.24, 2.45) is 5.10 Å². The van der Waals surface area contributed by atoms with E-state index in [-0.39, 0.29) is 6.04 Å². The molecule has 186 valence electrons. The highest BCUT2D eigenvalue weighted by molar-refractivity contribution is 9.11. The summed E-state index contributed by atoms with van der Waals surface area (Å²) in [4.78, 5) is 0. The van der Waals surface area contributed by atoms with E-state index in [9.17, 15) is 0 Å². The Morgan fingerprint density at radius 3 is 2.43 bits per heavy atom. The Hall–Kier alpha value is -3.29. The molecule has 5 nitrogen and oxygen atoms in total. The van der Waals surface area contributed by atoms with Gasteiger partial charge >= 0.3 is 0 Å². The molecule has 0 spiro atoms. The van der Waals surface area contributed by atoms with E-state index in [0.29, 0.717) is 18.1 Å². The van der Waals surface area contributed by atoms with Crippen molar-refractivity contribution in [2.75, 3.05) is 7.11 Å².